The summed E-state index contributed by atoms with van der Waals surface area (Å²) < 4.78 is 18.7. The fourth-order valence-corrected chi connectivity index (χ4v) is 3.49. The first-order chi connectivity index (χ1) is 15.0. The van der Waals surface area contributed by atoms with Gasteiger partial charge in [0.25, 0.3) is 11.8 Å². The van der Waals surface area contributed by atoms with Crippen molar-refractivity contribution in [1.82, 2.24) is 0 Å². The van der Waals surface area contributed by atoms with Crippen molar-refractivity contribution in [3.05, 3.63) is 94.8 Å². The lowest BCUT2D eigenvalue weighted by Gasteiger charge is -2.14. The highest BCUT2D eigenvalue weighted by Gasteiger charge is 2.14. The fraction of sp³-hybridized carbons (Fsp3) is 0.120. The summed E-state index contributed by atoms with van der Waals surface area (Å²) in [5, 5.41) is 5.56. The number of hydrogen-bond donors (Lipinski definition) is 2. The average molecular weight is 416 g/mol. The molecule has 2 amide bonds. The zero-order valence-electron chi connectivity index (χ0n) is 16.9. The minimum atomic E-state index is -0.499. The second-order valence-electron chi connectivity index (χ2n) is 7.19. The van der Waals surface area contributed by atoms with Gasteiger partial charge in [-0.1, -0.05) is 24.3 Å². The van der Waals surface area contributed by atoms with E-state index in [0.717, 1.165) is 30.0 Å². The molecule has 0 bridgehead atoms. The molecule has 3 aromatic carbocycles. The van der Waals surface area contributed by atoms with Crippen LogP contribution in [0.2, 0.25) is 0 Å². The summed E-state index contributed by atoms with van der Waals surface area (Å²) in [5.41, 5.74) is 3.89. The van der Waals surface area contributed by atoms with Gasteiger partial charge >= 0.3 is 0 Å². The van der Waals surface area contributed by atoms with Gasteiger partial charge < -0.3 is 15.4 Å². The van der Waals surface area contributed by atoms with Crippen molar-refractivity contribution in [3.8, 4) is 5.75 Å². The normalized spacial score (nSPS) is 12.1. The number of ether oxygens (including phenoxy) is 1. The molecule has 5 nitrogen and oxygen atoms in total. The summed E-state index contributed by atoms with van der Waals surface area (Å²) in [6, 6.07) is 16.0. The minimum absolute atomic E-state index is 0.180. The molecular weight excluding hydrogens is 395 g/mol. The van der Waals surface area contributed by atoms with E-state index in [1.165, 1.54) is 25.3 Å². The highest BCUT2D eigenvalue weighted by Crippen LogP contribution is 2.29. The van der Waals surface area contributed by atoms with Crippen molar-refractivity contribution >= 4 is 29.3 Å². The number of hydrogen-bond acceptors (Lipinski definition) is 3. The lowest BCUT2D eigenvalue weighted by atomic mass is 9.95. The van der Waals surface area contributed by atoms with Crippen LogP contribution in [0.3, 0.4) is 0 Å². The molecule has 3 aromatic rings. The Morgan fingerprint density at radius 3 is 2.55 bits per heavy atom. The smallest absolute Gasteiger partial charge is 0.255 e. The van der Waals surface area contributed by atoms with Gasteiger partial charge in [0.05, 0.1) is 12.8 Å². The van der Waals surface area contributed by atoms with Gasteiger partial charge in [-0.2, -0.15) is 0 Å². The number of fused-ring (bicyclic) bond motifs is 1. The molecule has 0 atom stereocenters. The lowest BCUT2D eigenvalue weighted by molar-refractivity contribution is 0.101. The predicted octanol–water partition coefficient (Wildman–Crippen LogP) is 5.30. The van der Waals surface area contributed by atoms with E-state index in [2.05, 4.69) is 22.8 Å². The summed E-state index contributed by atoms with van der Waals surface area (Å²) in [6.45, 7) is 0. The molecule has 0 aliphatic heterocycles. The van der Waals surface area contributed by atoms with Gasteiger partial charge in [0.2, 0.25) is 0 Å². The molecule has 0 saturated carbocycles. The number of rotatable bonds is 5. The van der Waals surface area contributed by atoms with Crippen LogP contribution in [0.4, 0.5) is 15.8 Å². The van der Waals surface area contributed by atoms with Crippen molar-refractivity contribution in [2.45, 2.75) is 12.8 Å². The van der Waals surface area contributed by atoms with E-state index in [4.69, 9.17) is 4.74 Å². The van der Waals surface area contributed by atoms with Crippen LogP contribution in [-0.4, -0.2) is 18.9 Å². The van der Waals surface area contributed by atoms with E-state index in [-0.39, 0.29) is 11.5 Å². The van der Waals surface area contributed by atoms with Gasteiger partial charge in [-0.25, -0.2) is 4.39 Å². The first kappa shape index (κ1) is 20.3. The molecule has 6 heteroatoms. The van der Waals surface area contributed by atoms with Crippen molar-refractivity contribution in [2.24, 2.45) is 0 Å². The van der Waals surface area contributed by atoms with E-state index in [9.17, 15) is 14.0 Å². The molecule has 4 rings (SSSR count). The summed E-state index contributed by atoms with van der Waals surface area (Å²) in [4.78, 5) is 25.3. The van der Waals surface area contributed by atoms with Gasteiger partial charge in [-0.05, 0) is 72.5 Å². The molecule has 0 fully saturated rings. The van der Waals surface area contributed by atoms with Crippen LogP contribution in [0.25, 0.3) is 6.08 Å². The number of nitrogens with one attached hydrogen (secondary N) is 2. The number of anilines is 2. The topological polar surface area (TPSA) is 67.4 Å². The number of amides is 2. The van der Waals surface area contributed by atoms with E-state index in [0.29, 0.717) is 22.7 Å². The molecule has 0 aromatic heterocycles. The Morgan fingerprint density at radius 1 is 0.935 bits per heavy atom. The maximum absolute atomic E-state index is 13.4. The first-order valence-corrected chi connectivity index (χ1v) is 9.89. The van der Waals surface area contributed by atoms with Gasteiger partial charge in [-0.15, -0.1) is 0 Å². The lowest BCUT2D eigenvalue weighted by Crippen LogP contribution is -2.15. The third-order valence-corrected chi connectivity index (χ3v) is 5.08. The monoisotopic (exact) mass is 416 g/mol. The number of halogens is 1. The largest absolute Gasteiger partial charge is 0.495 e. The van der Waals surface area contributed by atoms with Crippen molar-refractivity contribution in [3.63, 3.8) is 0 Å². The number of allylic oxidation sites excluding steroid dienone is 1. The zero-order chi connectivity index (χ0) is 21.8. The number of benzene rings is 3. The molecule has 1 aliphatic carbocycles. The van der Waals surface area contributed by atoms with E-state index >= 15 is 0 Å². The third kappa shape index (κ3) is 4.64. The van der Waals surface area contributed by atoms with Crippen molar-refractivity contribution in [1.29, 1.82) is 0 Å². The average Bonchev–Trinajstić information content (AvgIpc) is 2.79. The van der Waals surface area contributed by atoms with Gasteiger partial charge in [0.1, 0.15) is 11.6 Å². The molecule has 0 saturated heterocycles. The van der Waals surface area contributed by atoms with Crippen LogP contribution in [0.5, 0.6) is 5.75 Å². The molecular formula is C25H21FN2O3. The van der Waals surface area contributed by atoms with Gasteiger partial charge in [-0.3, -0.25) is 9.59 Å². The van der Waals surface area contributed by atoms with Crippen LogP contribution >= 0.6 is 0 Å². The maximum Gasteiger partial charge on any atom is 0.255 e. The summed E-state index contributed by atoms with van der Waals surface area (Å²) in [6.07, 6.45) is 6.06. The van der Waals surface area contributed by atoms with Crippen LogP contribution < -0.4 is 15.4 Å². The second kappa shape index (κ2) is 8.83. The quantitative estimate of drug-likeness (QED) is 0.593. The van der Waals surface area contributed by atoms with Gasteiger partial charge in [0, 0.05) is 16.8 Å². The molecule has 0 spiro atoms. The molecule has 156 valence electrons. The summed E-state index contributed by atoms with van der Waals surface area (Å²) >= 11 is 0. The Labute approximate surface area is 179 Å². The Bertz CT molecular complexity index is 1190. The van der Waals surface area contributed by atoms with Crippen molar-refractivity contribution in [2.75, 3.05) is 17.7 Å². The highest BCUT2D eigenvalue weighted by molar-refractivity contribution is 6.07. The van der Waals surface area contributed by atoms with Crippen LogP contribution in [-0.2, 0) is 6.42 Å². The zero-order valence-corrected chi connectivity index (χ0v) is 16.9. The first-order valence-electron chi connectivity index (χ1n) is 9.89. The Balaban J connectivity index is 1.53. The molecule has 1 aliphatic rings. The predicted molar refractivity (Wildman–Crippen MR) is 119 cm³/mol. The standard InChI is InChI=1S/C25H21FN2O3/c1-31-23-12-11-21(15-22(23)28-25(30)18-7-4-8-20(26)14-18)27-24(29)19-10-9-16-5-2-3-6-17(16)13-19/h2,4-5,7-15H,3,6H2,1H3,(H,27,29)(H,28,30). The SMILES string of the molecule is COc1ccc(NC(=O)c2ccc3c(c2)CCC=C3)cc1NC(=O)c1cccc(F)c1. The number of carbonyl (C=O) groups is 2. The molecule has 0 heterocycles. The Hall–Kier alpha value is -3.93. The van der Waals surface area contributed by atoms with Crippen LogP contribution in [0.15, 0.2) is 66.7 Å². The summed E-state index contributed by atoms with van der Waals surface area (Å²) in [7, 11) is 1.48. The molecule has 0 radical (unpaired) electrons. The Kier molecular flexibility index (Phi) is 5.80. The Morgan fingerprint density at radius 2 is 1.74 bits per heavy atom. The maximum atomic E-state index is 13.4. The van der Waals surface area contributed by atoms with Crippen LogP contribution in [0, 0.1) is 5.82 Å². The molecule has 0 unspecified atom stereocenters. The second-order valence-corrected chi connectivity index (χ2v) is 7.19. The van der Waals surface area contributed by atoms with E-state index in [1.807, 2.05) is 12.1 Å². The van der Waals surface area contributed by atoms with Crippen molar-refractivity contribution < 1.29 is 18.7 Å². The molecule has 2 N–H and O–H groups in total. The summed E-state index contributed by atoms with van der Waals surface area (Å²) in [5.74, 6) is -0.807. The number of carbonyl (C=O) groups excluding carboxylic acids is 2. The third-order valence-electron chi connectivity index (χ3n) is 5.08. The minimum Gasteiger partial charge on any atom is -0.495 e. The highest BCUT2D eigenvalue weighted by atomic mass is 19.1. The van der Waals surface area contributed by atoms with E-state index in [1.54, 1.807) is 24.3 Å². The fourth-order valence-electron chi connectivity index (χ4n) is 3.49. The van der Waals surface area contributed by atoms with E-state index < -0.39 is 11.7 Å². The number of aryl methyl sites for hydroxylation is 1. The van der Waals surface area contributed by atoms with Crippen LogP contribution in [0.1, 0.15) is 38.3 Å². The number of methoxy groups -OCH3 is 1. The van der Waals surface area contributed by atoms with Gasteiger partial charge in [0.15, 0.2) is 0 Å². The molecule has 31 heavy (non-hydrogen) atoms.